The molecule has 1 saturated carbocycles. The Morgan fingerprint density at radius 1 is 1.24 bits per heavy atom. The molecule has 7 heteroatoms. The van der Waals surface area contributed by atoms with E-state index in [1.807, 2.05) is 31.2 Å². The zero-order chi connectivity index (χ0) is 23.2. The molecule has 1 N–H and O–H groups in total. The fourth-order valence-electron chi connectivity index (χ4n) is 4.96. The van der Waals surface area contributed by atoms with E-state index in [0.29, 0.717) is 35.4 Å². The summed E-state index contributed by atoms with van der Waals surface area (Å²) in [7, 11) is 0. The first-order valence-electron chi connectivity index (χ1n) is 12.2. The van der Waals surface area contributed by atoms with Gasteiger partial charge in [-0.05, 0) is 77.1 Å². The first-order valence-corrected chi connectivity index (χ1v) is 12.2. The van der Waals surface area contributed by atoms with E-state index in [1.54, 1.807) is 10.9 Å². The first kappa shape index (κ1) is 22.0. The first-order chi connectivity index (χ1) is 15.8. The number of nitrogens with one attached hydrogen (secondary N) is 1. The smallest absolute Gasteiger partial charge is 0.252 e. The number of carbonyl (C=O) groups excluding carboxylic acids is 1. The number of aryl methyl sites for hydroxylation is 1. The Kier molecular flexibility index (Phi) is 5.69. The summed E-state index contributed by atoms with van der Waals surface area (Å²) >= 11 is 0. The molecule has 0 radical (unpaired) electrons. The third kappa shape index (κ3) is 4.38. The Labute approximate surface area is 195 Å². The molecule has 3 aromatic rings. The van der Waals surface area contributed by atoms with Crippen molar-refractivity contribution in [2.45, 2.75) is 64.8 Å². The van der Waals surface area contributed by atoms with Crippen LogP contribution in [0.3, 0.4) is 0 Å². The number of rotatable bonds is 6. The highest BCUT2D eigenvalue weighted by molar-refractivity contribution is 6.06. The maximum absolute atomic E-state index is 13.5. The Morgan fingerprint density at radius 2 is 2.06 bits per heavy atom. The lowest BCUT2D eigenvalue weighted by molar-refractivity contribution is 0.0658. The SMILES string of the molecule is Cc1nn(-c2ccccn2)c2nc(C3CC3)cc(C(=O)NCC(C)(C)N3CCCC(C)C3)c12. The van der Waals surface area contributed by atoms with Crippen LogP contribution in [-0.2, 0) is 0 Å². The zero-order valence-corrected chi connectivity index (χ0v) is 20.1. The van der Waals surface area contributed by atoms with E-state index in [9.17, 15) is 4.79 Å². The molecule has 1 unspecified atom stereocenters. The molecule has 174 valence electrons. The minimum absolute atomic E-state index is 0.0499. The average molecular weight is 447 g/mol. The summed E-state index contributed by atoms with van der Waals surface area (Å²) in [6.45, 7) is 11.5. The van der Waals surface area contributed by atoms with E-state index >= 15 is 0 Å². The molecule has 1 saturated heterocycles. The second-order valence-corrected chi connectivity index (χ2v) is 10.4. The van der Waals surface area contributed by atoms with Crippen molar-refractivity contribution in [2.75, 3.05) is 19.6 Å². The van der Waals surface area contributed by atoms with E-state index < -0.39 is 0 Å². The van der Waals surface area contributed by atoms with E-state index in [-0.39, 0.29) is 11.4 Å². The lowest BCUT2D eigenvalue weighted by atomic mass is 9.93. The Hall–Kier alpha value is -2.80. The Bertz CT molecular complexity index is 1160. The van der Waals surface area contributed by atoms with Crippen LogP contribution in [0, 0.1) is 12.8 Å². The molecule has 0 aromatic carbocycles. The maximum atomic E-state index is 13.5. The third-order valence-corrected chi connectivity index (χ3v) is 7.13. The van der Waals surface area contributed by atoms with E-state index in [4.69, 9.17) is 10.1 Å². The molecule has 33 heavy (non-hydrogen) atoms. The molecular formula is C26H34N6O. The summed E-state index contributed by atoms with van der Waals surface area (Å²) in [4.78, 5) is 25.5. The molecular weight excluding hydrogens is 412 g/mol. The number of likely N-dealkylation sites (tertiary alicyclic amines) is 1. The molecule has 7 nitrogen and oxygen atoms in total. The average Bonchev–Trinajstić information content (AvgIpc) is 3.61. The summed E-state index contributed by atoms with van der Waals surface area (Å²) in [5.41, 5.74) is 3.06. The fraction of sp³-hybridized carbons (Fsp3) is 0.538. The van der Waals surface area contributed by atoms with Crippen molar-refractivity contribution in [1.29, 1.82) is 0 Å². The van der Waals surface area contributed by atoms with Gasteiger partial charge >= 0.3 is 0 Å². The molecule has 0 bridgehead atoms. The van der Waals surface area contributed by atoms with Gasteiger partial charge in [-0.25, -0.2) is 9.97 Å². The molecule has 1 amide bonds. The number of nitrogens with zero attached hydrogens (tertiary/aromatic N) is 5. The second kappa shape index (κ2) is 8.52. The van der Waals surface area contributed by atoms with Gasteiger partial charge in [0.1, 0.15) is 0 Å². The molecule has 1 atom stereocenters. The van der Waals surface area contributed by atoms with Crippen LogP contribution < -0.4 is 5.32 Å². The highest BCUT2D eigenvalue weighted by Crippen LogP contribution is 2.40. The van der Waals surface area contributed by atoms with Crippen molar-refractivity contribution in [3.05, 3.63) is 47.4 Å². The van der Waals surface area contributed by atoms with Crippen molar-refractivity contribution in [2.24, 2.45) is 5.92 Å². The van der Waals surface area contributed by atoms with Crippen molar-refractivity contribution >= 4 is 16.9 Å². The van der Waals surface area contributed by atoms with Gasteiger partial charge in [-0.1, -0.05) is 13.0 Å². The maximum Gasteiger partial charge on any atom is 0.252 e. The van der Waals surface area contributed by atoms with Gasteiger partial charge in [-0.3, -0.25) is 9.69 Å². The summed E-state index contributed by atoms with van der Waals surface area (Å²) < 4.78 is 1.77. The highest BCUT2D eigenvalue weighted by atomic mass is 16.1. The van der Waals surface area contributed by atoms with Gasteiger partial charge in [0.2, 0.25) is 0 Å². The van der Waals surface area contributed by atoms with Gasteiger partial charge < -0.3 is 5.32 Å². The second-order valence-electron chi connectivity index (χ2n) is 10.4. The number of aromatic nitrogens is 4. The number of hydrogen-bond donors (Lipinski definition) is 1. The van der Waals surface area contributed by atoms with Crippen molar-refractivity contribution < 1.29 is 4.79 Å². The predicted octanol–water partition coefficient (Wildman–Crippen LogP) is 4.24. The number of piperidine rings is 1. The minimum Gasteiger partial charge on any atom is -0.350 e. The fourth-order valence-corrected chi connectivity index (χ4v) is 4.96. The Balaban J connectivity index is 1.47. The van der Waals surface area contributed by atoms with Gasteiger partial charge in [0.15, 0.2) is 11.5 Å². The van der Waals surface area contributed by atoms with Crippen LogP contribution in [-0.4, -0.2) is 55.7 Å². The predicted molar refractivity (Wildman–Crippen MR) is 130 cm³/mol. The van der Waals surface area contributed by atoms with Gasteiger partial charge in [0.05, 0.1) is 16.6 Å². The molecule has 1 aliphatic carbocycles. The van der Waals surface area contributed by atoms with Crippen LogP contribution in [0.4, 0.5) is 0 Å². The summed E-state index contributed by atoms with van der Waals surface area (Å²) in [6.07, 6.45) is 6.50. The molecule has 1 aliphatic heterocycles. The van der Waals surface area contributed by atoms with Gasteiger partial charge in [0.25, 0.3) is 5.91 Å². The lowest BCUT2D eigenvalue weighted by Crippen LogP contribution is -2.54. The van der Waals surface area contributed by atoms with Gasteiger partial charge in [0, 0.05) is 36.4 Å². The standard InChI is InChI=1S/C26H34N6O/c1-17-8-7-13-31(15-17)26(3,4)16-28-25(33)20-14-21(19-10-11-19)29-24-23(20)18(2)30-32(24)22-9-5-6-12-27-22/h5-6,9,12,14,17,19H,7-8,10-11,13,15-16H2,1-4H3,(H,28,33). The van der Waals surface area contributed by atoms with Crippen molar-refractivity contribution in [3.63, 3.8) is 0 Å². The largest absolute Gasteiger partial charge is 0.350 e. The Morgan fingerprint density at radius 3 is 2.76 bits per heavy atom. The normalized spacial score (nSPS) is 19.7. The topological polar surface area (TPSA) is 75.9 Å². The van der Waals surface area contributed by atoms with Crippen LogP contribution in [0.15, 0.2) is 30.5 Å². The zero-order valence-electron chi connectivity index (χ0n) is 20.1. The third-order valence-electron chi connectivity index (χ3n) is 7.13. The number of carbonyl (C=O) groups is 1. The van der Waals surface area contributed by atoms with Gasteiger partial charge in [-0.15, -0.1) is 0 Å². The monoisotopic (exact) mass is 446 g/mol. The van der Waals surface area contributed by atoms with E-state index in [2.05, 4.69) is 36.0 Å². The highest BCUT2D eigenvalue weighted by Gasteiger charge is 2.32. The van der Waals surface area contributed by atoms with Crippen molar-refractivity contribution in [3.8, 4) is 5.82 Å². The minimum atomic E-state index is -0.0943. The molecule has 4 heterocycles. The molecule has 2 aliphatic rings. The molecule has 3 aromatic heterocycles. The number of fused-ring (bicyclic) bond motifs is 1. The van der Waals surface area contributed by atoms with Gasteiger partial charge in [-0.2, -0.15) is 9.78 Å². The summed E-state index contributed by atoms with van der Waals surface area (Å²) in [6, 6.07) is 7.73. The van der Waals surface area contributed by atoms with Crippen LogP contribution >= 0.6 is 0 Å². The quantitative estimate of drug-likeness (QED) is 0.613. The van der Waals surface area contributed by atoms with Crippen molar-refractivity contribution in [1.82, 2.24) is 30.0 Å². The van der Waals surface area contributed by atoms with Crippen LogP contribution in [0.1, 0.15) is 74.1 Å². The van der Waals surface area contributed by atoms with E-state index in [0.717, 1.165) is 42.7 Å². The summed E-state index contributed by atoms with van der Waals surface area (Å²) in [5.74, 6) is 1.79. The molecule has 0 spiro atoms. The van der Waals surface area contributed by atoms with Crippen LogP contribution in [0.25, 0.3) is 16.9 Å². The molecule has 5 rings (SSSR count). The number of hydrogen-bond acceptors (Lipinski definition) is 5. The number of pyridine rings is 2. The van der Waals surface area contributed by atoms with Crippen LogP contribution in [0.2, 0.25) is 0 Å². The number of amides is 1. The molecule has 2 fully saturated rings. The lowest BCUT2D eigenvalue weighted by Gasteiger charge is -2.43. The summed E-state index contributed by atoms with van der Waals surface area (Å²) in [5, 5.41) is 8.78. The van der Waals surface area contributed by atoms with E-state index in [1.165, 1.54) is 12.8 Å². The van der Waals surface area contributed by atoms with Crippen LogP contribution in [0.5, 0.6) is 0 Å².